The number of rotatable bonds is 18. The summed E-state index contributed by atoms with van der Waals surface area (Å²) in [4.78, 5) is 53.8. The third-order valence-electron chi connectivity index (χ3n) is 13.2. The van der Waals surface area contributed by atoms with Crippen molar-refractivity contribution in [2.24, 2.45) is 0 Å². The molecular weight excluding hydrogens is 1060 g/mol. The van der Waals surface area contributed by atoms with Gasteiger partial charge in [-0.2, -0.15) is 0 Å². The van der Waals surface area contributed by atoms with Crippen molar-refractivity contribution in [2.75, 3.05) is 37.9 Å². The van der Waals surface area contributed by atoms with Gasteiger partial charge in [0.1, 0.15) is 34.9 Å². The van der Waals surface area contributed by atoms with E-state index in [1.54, 1.807) is 111 Å². The molecule has 4 aromatic carbocycles. The van der Waals surface area contributed by atoms with Gasteiger partial charge in [-0.25, -0.2) is 16.8 Å². The zero-order valence-corrected chi connectivity index (χ0v) is 43.8. The molecule has 0 saturated carbocycles. The fourth-order valence-electron chi connectivity index (χ4n) is 9.24. The van der Waals surface area contributed by atoms with Crippen molar-refractivity contribution in [3.63, 3.8) is 0 Å². The number of amides is 2. The number of aliphatic carboxylic acids is 2. The Bertz CT molecular complexity index is 2630. The van der Waals surface area contributed by atoms with Gasteiger partial charge in [0.2, 0.25) is 0 Å². The molecule has 388 valence electrons. The number of sulfone groups is 2. The van der Waals surface area contributed by atoms with Crippen molar-refractivity contribution >= 4 is 89.8 Å². The van der Waals surface area contributed by atoms with Crippen molar-refractivity contribution in [3.05, 3.63) is 139 Å². The van der Waals surface area contributed by atoms with Crippen molar-refractivity contribution < 1.29 is 65.2 Å². The fourth-order valence-corrected chi connectivity index (χ4v) is 13.5. The van der Waals surface area contributed by atoms with Crippen LogP contribution in [0, 0.1) is 0 Å². The summed E-state index contributed by atoms with van der Waals surface area (Å²) in [5.74, 6) is -4.07. The van der Waals surface area contributed by atoms with Crippen LogP contribution in [0.3, 0.4) is 0 Å². The first-order valence-electron chi connectivity index (χ1n) is 23.2. The molecule has 0 aliphatic carbocycles. The summed E-state index contributed by atoms with van der Waals surface area (Å²) < 4.78 is 74.8. The highest BCUT2D eigenvalue weighted by Gasteiger charge is 2.50. The second kappa shape index (κ2) is 23.9. The summed E-state index contributed by atoms with van der Waals surface area (Å²) in [6.07, 6.45) is -4.61. The second-order valence-electron chi connectivity index (χ2n) is 18.0. The van der Waals surface area contributed by atoms with Crippen LogP contribution in [0.1, 0.15) is 86.1 Å². The monoisotopic (exact) mass is 1110 g/mol. The first kappa shape index (κ1) is 55.4. The molecule has 22 heteroatoms. The Morgan fingerprint density at radius 3 is 1.18 bits per heavy atom. The van der Waals surface area contributed by atoms with Crippen LogP contribution < -0.4 is 0 Å². The molecule has 0 aromatic heterocycles. The highest BCUT2D eigenvalue weighted by atomic mass is 35.5. The fraction of sp³-hybridized carbons (Fsp3) is 0.440. The third-order valence-corrected chi connectivity index (χ3v) is 18.4. The molecule has 0 unspecified atom stereocenters. The summed E-state index contributed by atoms with van der Waals surface area (Å²) in [5, 5.41) is 19.6. The predicted molar refractivity (Wildman–Crippen MR) is 270 cm³/mol. The molecule has 4 aromatic rings. The average Bonchev–Trinajstić information content (AvgIpc) is 3.27. The van der Waals surface area contributed by atoms with E-state index in [2.05, 4.69) is 0 Å². The normalized spacial score (nSPS) is 23.8. The minimum absolute atomic E-state index is 0.128. The van der Waals surface area contributed by atoms with Gasteiger partial charge < -0.3 is 39.0 Å². The van der Waals surface area contributed by atoms with Crippen LogP contribution in [0.4, 0.5) is 0 Å². The number of benzene rings is 4. The van der Waals surface area contributed by atoms with E-state index in [4.69, 9.17) is 65.4 Å². The lowest BCUT2D eigenvalue weighted by molar-refractivity contribution is -0.182. The molecule has 4 saturated heterocycles. The molecule has 0 spiro atoms. The molecule has 4 aliphatic heterocycles. The molecule has 2 amide bonds. The Morgan fingerprint density at radius 1 is 0.556 bits per heavy atom. The van der Waals surface area contributed by atoms with Crippen LogP contribution in [0.5, 0.6) is 0 Å². The molecule has 8 atom stereocenters. The van der Waals surface area contributed by atoms with Crippen LogP contribution in [0.15, 0.2) is 97.1 Å². The minimum atomic E-state index is -3.57. The lowest BCUT2D eigenvalue weighted by atomic mass is 9.89. The number of morpholine rings is 2. The van der Waals surface area contributed by atoms with E-state index in [0.29, 0.717) is 55.2 Å². The Balaban J connectivity index is 0.000000211. The lowest BCUT2D eigenvalue weighted by Crippen LogP contribution is -2.57. The largest absolute Gasteiger partial charge is 0.481 e. The number of ether oxygens (including phenoxy) is 4. The van der Waals surface area contributed by atoms with Gasteiger partial charge in [0.25, 0.3) is 11.8 Å². The van der Waals surface area contributed by atoms with Crippen molar-refractivity contribution in [3.8, 4) is 0 Å². The standard InChI is InChI=1S/2C25H27Cl2NO7S/c2*1-2-19(14-36(32,33)20-12-34-13-20)28-23(15-6-8-17(26)9-7-15)24(16-4-3-5-18(27)10-16)35-21(25(28)31)11-22(29)30/h2*3-10,19-21,23-24H,2,11-14H2,1H3,(H,29,30)/t19-,21+,23+,24+;19-,21-,23+,24+/m00/s1. The minimum Gasteiger partial charge on any atom is -0.481 e. The molecule has 72 heavy (non-hydrogen) atoms. The van der Waals surface area contributed by atoms with Crippen LogP contribution in [-0.2, 0) is 57.8 Å². The predicted octanol–water partition coefficient (Wildman–Crippen LogP) is 8.14. The third kappa shape index (κ3) is 12.9. The van der Waals surface area contributed by atoms with Gasteiger partial charge in [0.15, 0.2) is 19.7 Å². The molecule has 0 bridgehead atoms. The van der Waals surface area contributed by atoms with E-state index in [0.717, 1.165) is 0 Å². The number of carbonyl (C=O) groups excluding carboxylic acids is 2. The molecule has 4 aliphatic rings. The molecule has 16 nitrogen and oxygen atoms in total. The van der Waals surface area contributed by atoms with E-state index in [-0.39, 0.29) is 37.9 Å². The summed E-state index contributed by atoms with van der Waals surface area (Å²) in [5.41, 5.74) is 2.63. The maximum atomic E-state index is 13.8. The summed E-state index contributed by atoms with van der Waals surface area (Å²) in [6, 6.07) is 24.7. The number of hydrogen-bond donors (Lipinski definition) is 2. The lowest BCUT2D eigenvalue weighted by Gasteiger charge is -2.48. The quantitative estimate of drug-likeness (QED) is 0.0961. The zero-order valence-electron chi connectivity index (χ0n) is 39.1. The van der Waals surface area contributed by atoms with Gasteiger partial charge in [0, 0.05) is 32.2 Å². The maximum absolute atomic E-state index is 13.8. The van der Waals surface area contributed by atoms with E-state index in [9.17, 15) is 46.2 Å². The number of halogens is 4. The summed E-state index contributed by atoms with van der Waals surface area (Å²) >= 11 is 24.8. The molecule has 4 heterocycles. The van der Waals surface area contributed by atoms with E-state index >= 15 is 0 Å². The average molecular weight is 1110 g/mol. The van der Waals surface area contributed by atoms with Gasteiger partial charge >= 0.3 is 11.9 Å². The zero-order chi connectivity index (χ0) is 52.1. The number of carboxylic acids is 2. The van der Waals surface area contributed by atoms with Crippen LogP contribution in [0.25, 0.3) is 0 Å². The molecular formula is C50H54Cl4N2O14S2. The van der Waals surface area contributed by atoms with Crippen molar-refractivity contribution in [1.29, 1.82) is 0 Å². The summed E-state index contributed by atoms with van der Waals surface area (Å²) in [6.45, 7) is 4.12. The van der Waals surface area contributed by atoms with Gasteiger partial charge in [-0.1, -0.05) is 109 Å². The molecule has 8 rings (SSSR count). The summed E-state index contributed by atoms with van der Waals surface area (Å²) in [7, 11) is -7.14. The Labute approximate surface area is 438 Å². The first-order valence-corrected chi connectivity index (χ1v) is 28.1. The number of carboxylic acid groups (broad SMARTS) is 2. The topological polar surface area (TPSA) is 220 Å². The smallest absolute Gasteiger partial charge is 0.306 e. The number of nitrogens with zero attached hydrogens (tertiary/aromatic N) is 2. The SMILES string of the molecule is CC[C@@H](CS(=O)(=O)C1COC1)N1C(=O)[C@@H](CC(=O)O)O[C@H](c2cccc(Cl)c2)[C@H]1c1ccc(Cl)cc1.CC[C@@H](CS(=O)(=O)C1COC1)N1C(=O)[C@H](CC(=O)O)O[C@H](c2cccc(Cl)c2)[C@H]1c1ccc(Cl)cc1. The molecule has 2 N–H and O–H groups in total. The first-order chi connectivity index (χ1) is 34.2. The Morgan fingerprint density at radius 2 is 0.903 bits per heavy atom. The van der Waals surface area contributed by atoms with E-state index in [1.807, 2.05) is 0 Å². The molecule has 4 fully saturated rings. The maximum Gasteiger partial charge on any atom is 0.306 e. The van der Waals surface area contributed by atoms with Crippen LogP contribution in [0.2, 0.25) is 20.1 Å². The Hall–Kier alpha value is -4.34. The second-order valence-corrected chi connectivity index (χ2v) is 24.4. The number of carbonyl (C=O) groups is 4. The van der Waals surface area contributed by atoms with Crippen LogP contribution in [-0.4, -0.2) is 133 Å². The van der Waals surface area contributed by atoms with Gasteiger partial charge in [-0.3, -0.25) is 19.2 Å². The van der Waals surface area contributed by atoms with E-state index in [1.165, 1.54) is 9.80 Å². The van der Waals surface area contributed by atoms with Crippen molar-refractivity contribution in [2.45, 2.75) is 98.6 Å². The van der Waals surface area contributed by atoms with Crippen molar-refractivity contribution in [1.82, 2.24) is 9.80 Å². The highest BCUT2D eigenvalue weighted by molar-refractivity contribution is 7.92. The number of hydrogen-bond acceptors (Lipinski definition) is 12. The van der Waals surface area contributed by atoms with Crippen LogP contribution >= 0.6 is 46.4 Å². The van der Waals surface area contributed by atoms with Gasteiger partial charge in [0.05, 0.1) is 62.9 Å². The highest BCUT2D eigenvalue weighted by Crippen LogP contribution is 2.47. The molecule has 0 radical (unpaired) electrons. The Kier molecular flexibility index (Phi) is 18.4. The van der Waals surface area contributed by atoms with E-state index < -0.39 is 115 Å². The van der Waals surface area contributed by atoms with Gasteiger partial charge in [-0.05, 0) is 83.6 Å². The van der Waals surface area contributed by atoms with Gasteiger partial charge in [-0.15, -0.1) is 0 Å².